The summed E-state index contributed by atoms with van der Waals surface area (Å²) >= 11 is 0. The number of rotatable bonds is 1. The molecule has 1 radical (unpaired) electrons. The molecular weight excluding hydrogens is 356 g/mol. The molecule has 1 aliphatic carbocycles. The van der Waals surface area contributed by atoms with E-state index < -0.39 is 0 Å². The van der Waals surface area contributed by atoms with E-state index in [2.05, 4.69) is 61.5 Å². The number of hydrogen-bond donors (Lipinski definition) is 0. The molecule has 0 aromatic heterocycles. The van der Waals surface area contributed by atoms with E-state index in [4.69, 9.17) is 0 Å². The largest absolute Gasteiger partial charge is 3.00 e. The monoisotopic (exact) mass is 368 g/mol. The van der Waals surface area contributed by atoms with Gasteiger partial charge < -0.3 is 29.7 Å². The Morgan fingerprint density at radius 1 is 0.947 bits per heavy atom. The van der Waals surface area contributed by atoms with Gasteiger partial charge in [0, 0.05) is 14.1 Å². The van der Waals surface area contributed by atoms with Crippen LogP contribution in [0.2, 0.25) is 0 Å². The Balaban J connectivity index is 0.00000108. The quantitative estimate of drug-likeness (QED) is 0.417. The molecule has 0 aliphatic heterocycles. The third-order valence-electron chi connectivity index (χ3n) is 3.17. The molecule has 1 nitrogen and oxygen atoms in total. The molecule has 0 fully saturated rings. The molecule has 0 N–H and O–H groups in total. The zero-order valence-corrected chi connectivity index (χ0v) is 14.8. The molecule has 97 valence electrons. The van der Waals surface area contributed by atoms with E-state index in [0.29, 0.717) is 0 Å². The van der Waals surface area contributed by atoms with Crippen LogP contribution in [0.4, 0.5) is 5.69 Å². The molecule has 4 heteroatoms. The number of benzene rings is 2. The van der Waals surface area contributed by atoms with Crippen LogP contribution in [-0.4, -0.2) is 14.1 Å². The summed E-state index contributed by atoms with van der Waals surface area (Å²) in [7, 11) is 4.11. The minimum Gasteiger partial charge on any atom is -1.00 e. The van der Waals surface area contributed by atoms with Crippen molar-refractivity contribution in [1.82, 2.24) is 0 Å². The molecule has 19 heavy (non-hydrogen) atoms. The molecule has 0 unspecified atom stereocenters. The van der Waals surface area contributed by atoms with Crippen molar-refractivity contribution in [2.24, 2.45) is 0 Å². The number of halogens is 2. The SMILES string of the molecule is CN(C)c1[c-]c2c(cc1)-c1ccccc1C2.[Cl-].[Cl-].[Zr+3]. The normalized spacial score (nSPS) is 10.2. The van der Waals surface area contributed by atoms with Crippen molar-refractivity contribution < 1.29 is 51.0 Å². The molecule has 0 amide bonds. The van der Waals surface area contributed by atoms with Crippen LogP contribution in [0.25, 0.3) is 11.1 Å². The van der Waals surface area contributed by atoms with Gasteiger partial charge in [-0.05, 0) is 6.42 Å². The molecule has 0 heterocycles. The smallest absolute Gasteiger partial charge is 1.00 e. The first-order valence-electron chi connectivity index (χ1n) is 5.56. The third kappa shape index (κ3) is 3.42. The van der Waals surface area contributed by atoms with Gasteiger partial charge in [-0.3, -0.25) is 0 Å². The number of anilines is 1. The number of nitrogens with zero attached hydrogens (tertiary/aromatic N) is 1. The van der Waals surface area contributed by atoms with Gasteiger partial charge in [0.1, 0.15) is 0 Å². The Kier molecular flexibility index (Phi) is 7.36. The van der Waals surface area contributed by atoms with Crippen LogP contribution in [0, 0.1) is 6.07 Å². The first-order chi connectivity index (χ1) is 7.75. The Morgan fingerprint density at radius 3 is 2.32 bits per heavy atom. The van der Waals surface area contributed by atoms with E-state index in [1.807, 2.05) is 0 Å². The number of fused-ring (bicyclic) bond motifs is 3. The van der Waals surface area contributed by atoms with Gasteiger partial charge >= 0.3 is 26.2 Å². The number of hydrogen-bond acceptors (Lipinski definition) is 1. The maximum Gasteiger partial charge on any atom is 3.00 e. The molecule has 0 atom stereocenters. The minimum atomic E-state index is 0. The van der Waals surface area contributed by atoms with E-state index in [0.717, 1.165) is 12.1 Å². The van der Waals surface area contributed by atoms with Gasteiger partial charge in [-0.25, -0.2) is 0 Å². The second kappa shape index (κ2) is 7.48. The van der Waals surface area contributed by atoms with E-state index in [9.17, 15) is 0 Å². The summed E-state index contributed by atoms with van der Waals surface area (Å²) in [5.41, 5.74) is 6.63. The first-order valence-corrected chi connectivity index (χ1v) is 5.56. The maximum absolute atomic E-state index is 3.50. The Labute approximate surface area is 146 Å². The van der Waals surface area contributed by atoms with E-state index in [-0.39, 0.29) is 51.0 Å². The van der Waals surface area contributed by atoms with E-state index in [1.165, 1.54) is 22.3 Å². The van der Waals surface area contributed by atoms with Gasteiger partial charge in [0.15, 0.2) is 0 Å². The summed E-state index contributed by atoms with van der Waals surface area (Å²) in [4.78, 5) is 2.10. The molecule has 3 rings (SSSR count). The van der Waals surface area contributed by atoms with Crippen molar-refractivity contribution in [3.8, 4) is 11.1 Å². The van der Waals surface area contributed by atoms with Crippen molar-refractivity contribution in [3.63, 3.8) is 0 Å². The molecule has 0 spiro atoms. The van der Waals surface area contributed by atoms with Crippen LogP contribution in [0.5, 0.6) is 0 Å². The summed E-state index contributed by atoms with van der Waals surface area (Å²) < 4.78 is 0. The van der Waals surface area contributed by atoms with Crippen LogP contribution in [0.1, 0.15) is 11.1 Å². The average Bonchev–Trinajstić information content (AvgIpc) is 2.66. The molecule has 2 aromatic rings. The predicted molar refractivity (Wildman–Crippen MR) is 67.8 cm³/mol. The van der Waals surface area contributed by atoms with Crippen molar-refractivity contribution in [3.05, 3.63) is 53.6 Å². The Bertz CT molecular complexity index is 556. The van der Waals surface area contributed by atoms with Crippen molar-refractivity contribution in [2.75, 3.05) is 19.0 Å². The molecule has 2 aromatic carbocycles. The summed E-state index contributed by atoms with van der Waals surface area (Å²) in [6.45, 7) is 0. The van der Waals surface area contributed by atoms with Gasteiger partial charge in [0.05, 0.1) is 0 Å². The average molecular weight is 370 g/mol. The Morgan fingerprint density at radius 2 is 1.63 bits per heavy atom. The second-order valence-corrected chi connectivity index (χ2v) is 4.46. The Hall–Kier alpha value is -0.297. The standard InChI is InChI=1S/C15H14N.2ClH.Zr/c1-16(2)13-7-8-15-12(10-13)9-11-5-3-4-6-14(11)15;;;/h3-8H,9H2,1-2H3;2*1H;/q-1;;;+3/p-2. The van der Waals surface area contributed by atoms with Crippen molar-refractivity contribution in [2.45, 2.75) is 6.42 Å². The molecule has 0 saturated carbocycles. The maximum atomic E-state index is 3.50. The zero-order chi connectivity index (χ0) is 11.1. The van der Waals surface area contributed by atoms with Crippen LogP contribution in [0.3, 0.4) is 0 Å². The van der Waals surface area contributed by atoms with Gasteiger partial charge in [-0.15, -0.1) is 17.2 Å². The fourth-order valence-corrected chi connectivity index (χ4v) is 2.31. The molecule has 0 saturated heterocycles. The van der Waals surface area contributed by atoms with Gasteiger partial charge in [-0.2, -0.15) is 12.1 Å². The topological polar surface area (TPSA) is 3.24 Å². The minimum absolute atomic E-state index is 0. The zero-order valence-electron chi connectivity index (χ0n) is 10.9. The fourth-order valence-electron chi connectivity index (χ4n) is 2.31. The van der Waals surface area contributed by atoms with Crippen LogP contribution < -0.4 is 29.7 Å². The van der Waals surface area contributed by atoms with Crippen LogP contribution in [-0.2, 0) is 32.6 Å². The molecule has 0 bridgehead atoms. The summed E-state index contributed by atoms with van der Waals surface area (Å²) in [6.07, 6.45) is 1.02. The fraction of sp³-hybridized carbons (Fsp3) is 0.200. The summed E-state index contributed by atoms with van der Waals surface area (Å²) in [6, 6.07) is 16.5. The van der Waals surface area contributed by atoms with Gasteiger partial charge in [0.2, 0.25) is 0 Å². The second-order valence-electron chi connectivity index (χ2n) is 4.46. The van der Waals surface area contributed by atoms with Crippen LogP contribution in [0.15, 0.2) is 36.4 Å². The van der Waals surface area contributed by atoms with Gasteiger partial charge in [0.25, 0.3) is 0 Å². The third-order valence-corrected chi connectivity index (χ3v) is 3.17. The summed E-state index contributed by atoms with van der Waals surface area (Å²) in [5, 5.41) is 0. The van der Waals surface area contributed by atoms with Crippen molar-refractivity contribution >= 4 is 5.69 Å². The first kappa shape index (κ1) is 18.7. The van der Waals surface area contributed by atoms with E-state index >= 15 is 0 Å². The molecular formula is C15H14Cl2NZr. The summed E-state index contributed by atoms with van der Waals surface area (Å²) in [5.74, 6) is 0. The van der Waals surface area contributed by atoms with Gasteiger partial charge in [-0.1, -0.05) is 41.1 Å². The van der Waals surface area contributed by atoms with E-state index in [1.54, 1.807) is 0 Å². The van der Waals surface area contributed by atoms with Crippen molar-refractivity contribution in [1.29, 1.82) is 0 Å². The van der Waals surface area contributed by atoms with Crippen LogP contribution >= 0.6 is 0 Å². The predicted octanol–water partition coefficient (Wildman–Crippen LogP) is -2.87. The molecule has 1 aliphatic rings.